The van der Waals surface area contributed by atoms with Gasteiger partial charge < -0.3 is 9.84 Å². The monoisotopic (exact) mass is 540 g/mol. The molecule has 1 saturated heterocycles. The zero-order chi connectivity index (χ0) is 28.2. The summed E-state index contributed by atoms with van der Waals surface area (Å²) in [7, 11) is 1.58. The van der Waals surface area contributed by atoms with Crippen molar-refractivity contribution in [2.75, 3.05) is 12.0 Å². The molecule has 1 aromatic heterocycles. The van der Waals surface area contributed by atoms with E-state index in [1.165, 1.54) is 16.2 Å². The van der Waals surface area contributed by atoms with E-state index in [1.807, 2.05) is 51.1 Å². The van der Waals surface area contributed by atoms with Crippen LogP contribution in [0.25, 0.3) is 16.0 Å². The van der Waals surface area contributed by atoms with E-state index in [2.05, 4.69) is 26.8 Å². The van der Waals surface area contributed by atoms with Gasteiger partial charge in [0, 0.05) is 5.56 Å². The van der Waals surface area contributed by atoms with Crippen molar-refractivity contribution in [1.82, 2.24) is 4.98 Å². The molecule has 1 aliphatic rings. The first-order chi connectivity index (χ1) is 18.4. The van der Waals surface area contributed by atoms with E-state index in [1.54, 1.807) is 25.3 Å². The minimum Gasteiger partial charge on any atom is -0.507 e. The molecule has 1 fully saturated rings. The number of aliphatic hydroxyl groups excluding tert-OH is 1. The molecule has 1 amide bonds. The van der Waals surface area contributed by atoms with Crippen LogP contribution in [0.4, 0.5) is 5.13 Å². The number of hydrogen-bond acceptors (Lipinski definition) is 6. The van der Waals surface area contributed by atoms with Crippen LogP contribution in [0.15, 0.2) is 60.2 Å². The number of amides is 1. The van der Waals surface area contributed by atoms with Gasteiger partial charge in [-0.15, -0.1) is 0 Å². The highest BCUT2D eigenvalue weighted by atomic mass is 32.1. The Labute approximate surface area is 232 Å². The Morgan fingerprint density at radius 2 is 1.67 bits per heavy atom. The van der Waals surface area contributed by atoms with Gasteiger partial charge in [0.15, 0.2) is 5.13 Å². The van der Waals surface area contributed by atoms with E-state index >= 15 is 0 Å². The first-order valence-electron chi connectivity index (χ1n) is 12.8. The molecule has 4 aromatic rings. The van der Waals surface area contributed by atoms with E-state index in [0.717, 1.165) is 38.0 Å². The number of ketones is 1. The number of anilines is 1. The standard InChI is InChI=1S/C32H32N2O4S/c1-17-14-19(3)26-24(15-17)39-31(33-26)34-27(20-8-11-22(12-9-20)32(4,5)6)25(29(36)30(34)37)28(35)21-10-13-23(38-7)18(2)16-21/h8-16,27,35H,1-7H3. The van der Waals surface area contributed by atoms with Gasteiger partial charge in [0.2, 0.25) is 0 Å². The molecule has 0 bridgehead atoms. The lowest BCUT2D eigenvalue weighted by molar-refractivity contribution is -0.132. The number of nitrogens with zero attached hydrogens (tertiary/aromatic N) is 2. The van der Waals surface area contributed by atoms with Gasteiger partial charge in [0.1, 0.15) is 11.5 Å². The molecule has 3 aromatic carbocycles. The second kappa shape index (κ2) is 9.65. The Morgan fingerprint density at radius 1 is 0.974 bits per heavy atom. The smallest absolute Gasteiger partial charge is 0.301 e. The Hall–Kier alpha value is -3.97. The Kier molecular flexibility index (Phi) is 6.59. The molecule has 200 valence electrons. The van der Waals surface area contributed by atoms with Crippen LogP contribution in [-0.4, -0.2) is 28.9 Å². The lowest BCUT2D eigenvalue weighted by atomic mass is 9.85. The van der Waals surface area contributed by atoms with Crippen LogP contribution >= 0.6 is 11.3 Å². The van der Waals surface area contributed by atoms with Gasteiger partial charge in [-0.2, -0.15) is 0 Å². The number of benzene rings is 3. The molecule has 1 atom stereocenters. The highest BCUT2D eigenvalue weighted by Gasteiger charge is 2.48. The predicted octanol–water partition coefficient (Wildman–Crippen LogP) is 7.15. The quantitative estimate of drug-likeness (QED) is 0.169. The second-order valence-electron chi connectivity index (χ2n) is 11.2. The summed E-state index contributed by atoms with van der Waals surface area (Å²) in [6, 6.07) is 16.3. The lowest BCUT2D eigenvalue weighted by Gasteiger charge is -2.25. The number of rotatable bonds is 4. The molecular weight excluding hydrogens is 508 g/mol. The maximum atomic E-state index is 13.6. The summed E-state index contributed by atoms with van der Waals surface area (Å²) in [5.41, 5.74) is 5.97. The highest BCUT2D eigenvalue weighted by molar-refractivity contribution is 7.22. The van der Waals surface area contributed by atoms with Crippen LogP contribution in [0.1, 0.15) is 60.2 Å². The number of thiazole rings is 1. The minimum absolute atomic E-state index is 0.0419. The fraction of sp³-hybridized carbons (Fsp3) is 0.281. The summed E-state index contributed by atoms with van der Waals surface area (Å²) in [4.78, 5) is 33.5. The van der Waals surface area contributed by atoms with Gasteiger partial charge in [-0.25, -0.2) is 4.98 Å². The van der Waals surface area contributed by atoms with E-state index in [-0.39, 0.29) is 16.7 Å². The van der Waals surface area contributed by atoms with Crippen molar-refractivity contribution >= 4 is 44.1 Å². The number of ether oxygens (including phenoxy) is 1. The molecule has 39 heavy (non-hydrogen) atoms. The highest BCUT2D eigenvalue weighted by Crippen LogP contribution is 2.45. The predicted molar refractivity (Wildman–Crippen MR) is 157 cm³/mol. The number of aliphatic hydroxyl groups is 1. The molecule has 0 radical (unpaired) electrons. The number of carbonyl (C=O) groups excluding carboxylic acids is 2. The molecule has 5 rings (SSSR count). The van der Waals surface area contributed by atoms with Crippen LogP contribution in [0.2, 0.25) is 0 Å². The number of aryl methyl sites for hydroxylation is 3. The third-order valence-electron chi connectivity index (χ3n) is 7.23. The normalized spacial score (nSPS) is 17.3. The minimum atomic E-state index is -0.830. The fourth-order valence-electron chi connectivity index (χ4n) is 5.15. The fourth-order valence-corrected chi connectivity index (χ4v) is 6.32. The number of fused-ring (bicyclic) bond motifs is 1. The maximum Gasteiger partial charge on any atom is 0.301 e. The van der Waals surface area contributed by atoms with Crippen LogP contribution in [0.3, 0.4) is 0 Å². The summed E-state index contributed by atoms with van der Waals surface area (Å²) in [5, 5.41) is 11.9. The van der Waals surface area contributed by atoms with Crippen LogP contribution < -0.4 is 9.64 Å². The first kappa shape index (κ1) is 26.6. The van der Waals surface area contributed by atoms with Gasteiger partial charge in [-0.05, 0) is 78.3 Å². The number of Topliss-reactive ketones (excluding diaryl/α,β-unsaturated/α-hetero) is 1. The summed E-state index contributed by atoms with van der Waals surface area (Å²) < 4.78 is 6.30. The zero-order valence-electron chi connectivity index (χ0n) is 23.2. The van der Waals surface area contributed by atoms with Crippen molar-refractivity contribution in [3.63, 3.8) is 0 Å². The molecule has 7 heteroatoms. The summed E-state index contributed by atoms with van der Waals surface area (Å²) >= 11 is 1.37. The van der Waals surface area contributed by atoms with Crippen molar-refractivity contribution in [1.29, 1.82) is 0 Å². The maximum absolute atomic E-state index is 13.6. The van der Waals surface area contributed by atoms with Crippen molar-refractivity contribution in [2.24, 2.45) is 0 Å². The van der Waals surface area contributed by atoms with Crippen LogP contribution in [0.5, 0.6) is 5.75 Å². The van der Waals surface area contributed by atoms with Crippen molar-refractivity contribution in [2.45, 2.75) is 53.0 Å². The summed E-state index contributed by atoms with van der Waals surface area (Å²) in [5.74, 6) is -1.00. The molecule has 0 spiro atoms. The lowest BCUT2D eigenvalue weighted by Crippen LogP contribution is -2.29. The molecule has 1 unspecified atom stereocenters. The van der Waals surface area contributed by atoms with Gasteiger partial charge in [-0.3, -0.25) is 14.5 Å². The molecule has 0 saturated carbocycles. The van der Waals surface area contributed by atoms with Crippen LogP contribution in [0, 0.1) is 20.8 Å². The van der Waals surface area contributed by atoms with E-state index in [0.29, 0.717) is 16.4 Å². The van der Waals surface area contributed by atoms with Crippen molar-refractivity contribution < 1.29 is 19.4 Å². The van der Waals surface area contributed by atoms with E-state index in [9.17, 15) is 14.7 Å². The Balaban J connectivity index is 1.73. The summed E-state index contributed by atoms with van der Waals surface area (Å²) in [6.45, 7) is 12.3. The molecular formula is C32H32N2O4S. The topological polar surface area (TPSA) is 79.7 Å². The molecule has 1 aliphatic heterocycles. The van der Waals surface area contributed by atoms with Gasteiger partial charge >= 0.3 is 5.91 Å². The molecule has 0 aliphatic carbocycles. The van der Waals surface area contributed by atoms with Gasteiger partial charge in [0.05, 0.1) is 28.9 Å². The van der Waals surface area contributed by atoms with Crippen molar-refractivity contribution in [3.05, 3.63) is 93.6 Å². The largest absolute Gasteiger partial charge is 0.507 e. The van der Waals surface area contributed by atoms with E-state index < -0.39 is 17.7 Å². The third-order valence-corrected chi connectivity index (χ3v) is 8.23. The van der Waals surface area contributed by atoms with Crippen LogP contribution in [-0.2, 0) is 15.0 Å². The zero-order valence-corrected chi connectivity index (χ0v) is 24.1. The van der Waals surface area contributed by atoms with Crippen molar-refractivity contribution in [3.8, 4) is 5.75 Å². The third kappa shape index (κ3) is 4.61. The van der Waals surface area contributed by atoms with Gasteiger partial charge in [0.25, 0.3) is 5.78 Å². The molecule has 1 N–H and O–H groups in total. The number of hydrogen-bond donors (Lipinski definition) is 1. The average molecular weight is 541 g/mol. The Bertz CT molecular complexity index is 1660. The second-order valence-corrected chi connectivity index (χ2v) is 12.2. The first-order valence-corrected chi connectivity index (χ1v) is 13.7. The Morgan fingerprint density at radius 3 is 2.28 bits per heavy atom. The van der Waals surface area contributed by atoms with Gasteiger partial charge in [-0.1, -0.05) is 62.4 Å². The number of methoxy groups -OCH3 is 1. The number of aromatic nitrogens is 1. The average Bonchev–Trinajstić information content (AvgIpc) is 3.41. The number of carbonyl (C=O) groups is 2. The van der Waals surface area contributed by atoms with E-state index in [4.69, 9.17) is 9.72 Å². The molecule has 6 nitrogen and oxygen atoms in total. The SMILES string of the molecule is COc1ccc(C(O)=C2C(=O)C(=O)N(c3nc4c(C)cc(C)cc4s3)C2c2ccc(C(C)(C)C)cc2)cc1C. The summed E-state index contributed by atoms with van der Waals surface area (Å²) in [6.07, 6.45) is 0. The molecule has 2 heterocycles.